The molecule has 1 amide bonds. The summed E-state index contributed by atoms with van der Waals surface area (Å²) in [6.07, 6.45) is 2.14. The molecule has 0 fully saturated rings. The van der Waals surface area contributed by atoms with Crippen molar-refractivity contribution in [2.75, 3.05) is 16.3 Å². The highest BCUT2D eigenvalue weighted by Crippen LogP contribution is 2.28. The number of anilines is 2. The molecule has 0 atom stereocenters. The molecule has 10 heteroatoms. The maximum Gasteiger partial charge on any atom is 0.291 e. The van der Waals surface area contributed by atoms with Crippen LogP contribution in [0.2, 0.25) is 0 Å². The lowest BCUT2D eigenvalue weighted by Gasteiger charge is -2.08. The third kappa shape index (κ3) is 3.96. The molecule has 0 radical (unpaired) electrons. The Morgan fingerprint density at radius 3 is 2.73 bits per heavy atom. The van der Waals surface area contributed by atoms with E-state index in [2.05, 4.69) is 20.2 Å². The molecule has 1 aromatic carbocycles. The predicted octanol–water partition coefficient (Wildman–Crippen LogP) is 2.41. The number of carbonyl (C=O) groups is 1. The fourth-order valence-electron chi connectivity index (χ4n) is 1.49. The van der Waals surface area contributed by atoms with Crippen molar-refractivity contribution in [3.05, 3.63) is 24.3 Å². The second-order valence-corrected chi connectivity index (χ2v) is 7.76. The zero-order valence-electron chi connectivity index (χ0n) is 11.9. The molecule has 2 N–H and O–H groups in total. The first-order valence-electron chi connectivity index (χ1n) is 6.25. The highest BCUT2D eigenvalue weighted by molar-refractivity contribution is 7.99. The van der Waals surface area contributed by atoms with E-state index >= 15 is 0 Å². The van der Waals surface area contributed by atoms with Gasteiger partial charge >= 0.3 is 0 Å². The van der Waals surface area contributed by atoms with Gasteiger partial charge in [-0.25, -0.2) is 0 Å². The highest BCUT2D eigenvalue weighted by Gasteiger charge is 2.21. The Kier molecular flexibility index (Phi) is 5.37. The van der Waals surface area contributed by atoms with E-state index in [-0.39, 0.29) is 21.8 Å². The van der Waals surface area contributed by atoms with Crippen molar-refractivity contribution in [1.29, 1.82) is 0 Å². The van der Waals surface area contributed by atoms with Crippen LogP contribution in [-0.2, 0) is 14.8 Å². The fourth-order valence-corrected chi connectivity index (χ4v) is 4.11. The van der Waals surface area contributed by atoms with Crippen molar-refractivity contribution < 1.29 is 13.2 Å². The van der Waals surface area contributed by atoms with Gasteiger partial charge in [0, 0.05) is 11.3 Å². The standard InChI is InChI=1S/C12H14N4O3S3/c1-3-10(17)13-11-14-15-12(21-11)22(18,19)16-8-6-4-5-7-9(8)20-2/h4-7,16H,3H2,1-2H3,(H,13,14,17). The number of aromatic nitrogens is 2. The van der Waals surface area contributed by atoms with E-state index in [0.29, 0.717) is 5.69 Å². The van der Waals surface area contributed by atoms with Crippen LogP contribution in [-0.4, -0.2) is 30.8 Å². The minimum absolute atomic E-state index is 0.158. The van der Waals surface area contributed by atoms with E-state index < -0.39 is 10.0 Å². The third-order valence-corrected chi connectivity index (χ3v) is 5.92. The molecule has 118 valence electrons. The molecular weight excluding hydrogens is 344 g/mol. The van der Waals surface area contributed by atoms with Gasteiger partial charge in [0.2, 0.25) is 11.0 Å². The van der Waals surface area contributed by atoms with E-state index in [1.165, 1.54) is 11.8 Å². The number of rotatable bonds is 6. The Hall–Kier alpha value is -1.65. The summed E-state index contributed by atoms with van der Waals surface area (Å²) in [6.45, 7) is 1.69. The molecule has 7 nitrogen and oxygen atoms in total. The van der Waals surface area contributed by atoms with Gasteiger partial charge in [-0.15, -0.1) is 22.0 Å². The number of nitrogens with one attached hydrogen (secondary N) is 2. The van der Waals surface area contributed by atoms with E-state index in [1.807, 2.05) is 18.4 Å². The molecule has 0 saturated heterocycles. The Balaban J connectivity index is 2.22. The molecular formula is C12H14N4O3S3. The van der Waals surface area contributed by atoms with Crippen LogP contribution >= 0.6 is 23.1 Å². The summed E-state index contributed by atoms with van der Waals surface area (Å²) < 4.78 is 26.9. The summed E-state index contributed by atoms with van der Waals surface area (Å²) in [4.78, 5) is 12.1. The Morgan fingerprint density at radius 1 is 1.32 bits per heavy atom. The monoisotopic (exact) mass is 358 g/mol. The Labute approximate surface area is 136 Å². The van der Waals surface area contributed by atoms with Crippen LogP contribution in [0.1, 0.15) is 13.3 Å². The number of thioether (sulfide) groups is 1. The van der Waals surface area contributed by atoms with E-state index in [9.17, 15) is 13.2 Å². The second-order valence-electron chi connectivity index (χ2n) is 4.08. The fraction of sp³-hybridized carbons (Fsp3) is 0.250. The summed E-state index contributed by atoms with van der Waals surface area (Å²) in [5.74, 6) is -0.249. The topological polar surface area (TPSA) is 101 Å². The number of carbonyl (C=O) groups excluding carboxylic acids is 1. The Morgan fingerprint density at radius 2 is 2.05 bits per heavy atom. The first kappa shape index (κ1) is 16.7. The second kappa shape index (κ2) is 7.07. The third-order valence-electron chi connectivity index (χ3n) is 2.56. The van der Waals surface area contributed by atoms with Crippen molar-refractivity contribution in [2.45, 2.75) is 22.6 Å². The lowest BCUT2D eigenvalue weighted by Crippen LogP contribution is -2.13. The van der Waals surface area contributed by atoms with Crippen LogP contribution in [0.15, 0.2) is 33.5 Å². The van der Waals surface area contributed by atoms with Gasteiger partial charge in [0.1, 0.15) is 0 Å². The molecule has 0 aliphatic rings. The predicted molar refractivity (Wildman–Crippen MR) is 87.9 cm³/mol. The molecule has 0 aliphatic carbocycles. The van der Waals surface area contributed by atoms with Crippen LogP contribution in [0.5, 0.6) is 0 Å². The summed E-state index contributed by atoms with van der Waals surface area (Å²) in [5, 5.41) is 9.93. The van der Waals surface area contributed by atoms with E-state index in [1.54, 1.807) is 19.1 Å². The van der Waals surface area contributed by atoms with E-state index in [0.717, 1.165) is 16.2 Å². The minimum Gasteiger partial charge on any atom is -0.301 e. The van der Waals surface area contributed by atoms with Gasteiger partial charge in [0.15, 0.2) is 0 Å². The molecule has 2 rings (SSSR count). The van der Waals surface area contributed by atoms with E-state index in [4.69, 9.17) is 0 Å². The van der Waals surface area contributed by atoms with Crippen LogP contribution in [0.4, 0.5) is 10.8 Å². The summed E-state index contributed by atoms with van der Waals surface area (Å²) in [7, 11) is -3.84. The van der Waals surface area contributed by atoms with Gasteiger partial charge < -0.3 is 5.32 Å². The number of amides is 1. The van der Waals surface area contributed by atoms with Crippen LogP contribution in [0, 0.1) is 0 Å². The first-order valence-corrected chi connectivity index (χ1v) is 9.78. The van der Waals surface area contributed by atoms with Crippen LogP contribution in [0.3, 0.4) is 0 Å². The zero-order valence-corrected chi connectivity index (χ0v) is 14.3. The molecule has 0 saturated carbocycles. The van der Waals surface area contributed by atoms with Gasteiger partial charge in [-0.2, -0.15) is 8.42 Å². The number of hydrogen-bond donors (Lipinski definition) is 2. The van der Waals surface area contributed by atoms with Gasteiger partial charge in [0.05, 0.1) is 5.69 Å². The first-order chi connectivity index (χ1) is 10.5. The molecule has 1 heterocycles. The number of nitrogens with zero attached hydrogens (tertiary/aromatic N) is 2. The quantitative estimate of drug-likeness (QED) is 0.607. The number of hydrogen-bond acceptors (Lipinski definition) is 7. The van der Waals surface area contributed by atoms with Crippen molar-refractivity contribution in [3.8, 4) is 0 Å². The molecule has 0 aliphatic heterocycles. The lowest BCUT2D eigenvalue weighted by molar-refractivity contribution is -0.115. The highest BCUT2D eigenvalue weighted by atomic mass is 32.2. The normalized spacial score (nSPS) is 11.2. The maximum absolute atomic E-state index is 12.3. The lowest BCUT2D eigenvalue weighted by atomic mass is 10.3. The smallest absolute Gasteiger partial charge is 0.291 e. The largest absolute Gasteiger partial charge is 0.301 e. The molecule has 2 aromatic rings. The molecule has 0 spiro atoms. The van der Waals surface area contributed by atoms with Crippen LogP contribution in [0.25, 0.3) is 0 Å². The SMILES string of the molecule is CCC(=O)Nc1nnc(S(=O)(=O)Nc2ccccc2SC)s1. The summed E-state index contributed by atoms with van der Waals surface area (Å²) in [5.41, 5.74) is 0.476. The average molecular weight is 358 g/mol. The van der Waals surface area contributed by atoms with Gasteiger partial charge in [-0.1, -0.05) is 30.4 Å². The molecule has 0 unspecified atom stereocenters. The number of sulfonamides is 1. The van der Waals surface area contributed by atoms with Crippen LogP contribution < -0.4 is 10.0 Å². The average Bonchev–Trinajstić information content (AvgIpc) is 2.96. The molecule has 22 heavy (non-hydrogen) atoms. The van der Waals surface area contributed by atoms with Gasteiger partial charge in [-0.3, -0.25) is 9.52 Å². The number of para-hydroxylation sites is 1. The van der Waals surface area contributed by atoms with Crippen molar-refractivity contribution in [2.24, 2.45) is 0 Å². The summed E-state index contributed by atoms with van der Waals surface area (Å²) in [6, 6.07) is 7.05. The zero-order chi connectivity index (χ0) is 16.2. The van der Waals surface area contributed by atoms with Crippen molar-refractivity contribution in [1.82, 2.24) is 10.2 Å². The number of benzene rings is 1. The van der Waals surface area contributed by atoms with Gasteiger partial charge in [-0.05, 0) is 18.4 Å². The maximum atomic E-state index is 12.3. The molecule has 1 aromatic heterocycles. The van der Waals surface area contributed by atoms with Gasteiger partial charge in [0.25, 0.3) is 14.4 Å². The summed E-state index contributed by atoms with van der Waals surface area (Å²) >= 11 is 2.24. The van der Waals surface area contributed by atoms with Crippen molar-refractivity contribution in [3.63, 3.8) is 0 Å². The molecule has 0 bridgehead atoms. The van der Waals surface area contributed by atoms with Crippen molar-refractivity contribution >= 4 is 49.8 Å². The minimum atomic E-state index is -3.84. The Bertz CT molecular complexity index is 773.